The van der Waals surface area contributed by atoms with E-state index in [-0.39, 0.29) is 24.9 Å². The zero-order valence-corrected chi connectivity index (χ0v) is 16.6. The van der Waals surface area contributed by atoms with Crippen LogP contribution in [0.25, 0.3) is 0 Å². The van der Waals surface area contributed by atoms with Gasteiger partial charge >= 0.3 is 6.09 Å². The van der Waals surface area contributed by atoms with Crippen LogP contribution in [0.2, 0.25) is 0 Å². The molecule has 0 aromatic rings. The average molecular weight is 376 g/mol. The van der Waals surface area contributed by atoms with E-state index in [1.54, 1.807) is 20.8 Å². The van der Waals surface area contributed by atoms with Gasteiger partial charge in [0.05, 0.1) is 6.54 Å². The van der Waals surface area contributed by atoms with E-state index in [0.717, 1.165) is 38.8 Å². The predicted molar refractivity (Wildman–Crippen MR) is 96.6 cm³/mol. The van der Waals surface area contributed by atoms with Gasteiger partial charge in [0, 0.05) is 19.6 Å². The summed E-state index contributed by atoms with van der Waals surface area (Å²) >= 11 is 0. The van der Waals surface area contributed by atoms with Crippen LogP contribution in [0, 0.1) is 5.41 Å². The first kappa shape index (κ1) is 21.4. The Labute approximate surface area is 155 Å². The van der Waals surface area contributed by atoms with E-state index < -0.39 is 23.7 Å². The first-order valence-corrected chi connectivity index (χ1v) is 9.75. The molecule has 2 saturated heterocycles. The van der Waals surface area contributed by atoms with E-state index in [1.165, 1.54) is 4.90 Å². The second-order valence-corrected chi connectivity index (χ2v) is 8.65. The average Bonchev–Trinajstić information content (AvgIpc) is 2.55. The Hall–Kier alpha value is -0.950. The molecule has 0 aromatic heterocycles. The van der Waals surface area contributed by atoms with E-state index in [4.69, 9.17) is 9.47 Å². The Morgan fingerprint density at radius 1 is 1.23 bits per heavy atom. The lowest BCUT2D eigenvalue weighted by molar-refractivity contribution is -0.172. The maximum atomic E-state index is 14.3. The van der Waals surface area contributed by atoms with Crippen molar-refractivity contribution < 1.29 is 23.0 Å². The topological polar surface area (TPSA) is 50.8 Å². The van der Waals surface area contributed by atoms with Gasteiger partial charge in [0.1, 0.15) is 11.7 Å². The van der Waals surface area contributed by atoms with Crippen molar-refractivity contribution in [2.75, 3.05) is 32.8 Å². The number of nitrogens with one attached hydrogen (secondary N) is 1. The molecule has 0 bridgehead atoms. The summed E-state index contributed by atoms with van der Waals surface area (Å²) in [6.07, 6.45) is 1.72. The Bertz CT molecular complexity index is 474. The molecule has 0 spiro atoms. The summed E-state index contributed by atoms with van der Waals surface area (Å²) in [5.74, 6) is -2.91. The van der Waals surface area contributed by atoms with E-state index >= 15 is 0 Å². The molecule has 2 aliphatic heterocycles. The highest BCUT2D eigenvalue weighted by Gasteiger charge is 2.47. The third kappa shape index (κ3) is 5.78. The van der Waals surface area contributed by atoms with Crippen molar-refractivity contribution in [1.29, 1.82) is 0 Å². The molecular formula is C19H34F2N2O3. The highest BCUT2D eigenvalue weighted by Crippen LogP contribution is 2.37. The normalized spacial score (nSPS) is 25.8. The fourth-order valence-corrected chi connectivity index (χ4v) is 3.69. The zero-order chi connectivity index (χ0) is 19.4. The number of ether oxygens (including phenoxy) is 2. The minimum atomic E-state index is -2.91. The van der Waals surface area contributed by atoms with Crippen LogP contribution in [0.3, 0.4) is 0 Å². The summed E-state index contributed by atoms with van der Waals surface area (Å²) < 4.78 is 39.5. The number of carbonyl (C=O) groups is 1. The third-order valence-corrected chi connectivity index (χ3v) is 5.59. The fraction of sp³-hybridized carbons (Fsp3) is 0.947. The number of halogens is 2. The van der Waals surface area contributed by atoms with Crippen LogP contribution in [0.15, 0.2) is 0 Å². The predicted octanol–water partition coefficient (Wildman–Crippen LogP) is 3.82. The second-order valence-electron chi connectivity index (χ2n) is 8.65. The fourth-order valence-electron chi connectivity index (χ4n) is 3.69. The monoisotopic (exact) mass is 376 g/mol. The van der Waals surface area contributed by atoms with Gasteiger partial charge in [-0.05, 0) is 58.5 Å². The van der Waals surface area contributed by atoms with Crippen molar-refractivity contribution in [2.24, 2.45) is 5.41 Å². The summed E-state index contributed by atoms with van der Waals surface area (Å²) in [6, 6.07) is 0. The van der Waals surface area contributed by atoms with Gasteiger partial charge in [-0.3, -0.25) is 0 Å². The van der Waals surface area contributed by atoms with Crippen molar-refractivity contribution in [3.63, 3.8) is 0 Å². The number of piperidine rings is 2. The standard InChI is InChI=1S/C19H34F2N2O3/c1-5-18(6-10-22-11-7-18)9-13-25-15-14-23(12-8-19(15,20)21)16(24)26-17(2,3)4/h15,22H,5-14H2,1-4H3. The van der Waals surface area contributed by atoms with Gasteiger partial charge in [0.2, 0.25) is 0 Å². The van der Waals surface area contributed by atoms with Crippen LogP contribution in [0.5, 0.6) is 0 Å². The molecule has 0 aliphatic carbocycles. The molecule has 5 nitrogen and oxygen atoms in total. The minimum absolute atomic E-state index is 0.00760. The molecule has 0 radical (unpaired) electrons. The quantitative estimate of drug-likeness (QED) is 0.793. The van der Waals surface area contributed by atoms with Crippen molar-refractivity contribution in [3.05, 3.63) is 0 Å². The highest BCUT2D eigenvalue weighted by molar-refractivity contribution is 5.68. The van der Waals surface area contributed by atoms with Crippen molar-refractivity contribution in [2.45, 2.75) is 77.4 Å². The number of amides is 1. The molecule has 2 aliphatic rings. The largest absolute Gasteiger partial charge is 0.444 e. The van der Waals surface area contributed by atoms with E-state index in [0.29, 0.717) is 6.61 Å². The SMILES string of the molecule is CCC1(CCOC2CN(C(=O)OC(C)(C)C)CCC2(F)F)CCNCC1. The Morgan fingerprint density at radius 2 is 1.88 bits per heavy atom. The second kappa shape index (κ2) is 8.38. The maximum Gasteiger partial charge on any atom is 0.410 e. The molecule has 0 saturated carbocycles. The smallest absolute Gasteiger partial charge is 0.410 e. The van der Waals surface area contributed by atoms with Gasteiger partial charge in [-0.2, -0.15) is 0 Å². The van der Waals surface area contributed by atoms with Gasteiger partial charge in [-0.15, -0.1) is 0 Å². The molecule has 152 valence electrons. The molecule has 7 heteroatoms. The highest BCUT2D eigenvalue weighted by atomic mass is 19.3. The Kier molecular flexibility index (Phi) is 6.88. The molecule has 2 rings (SSSR count). The van der Waals surface area contributed by atoms with Gasteiger partial charge < -0.3 is 19.7 Å². The van der Waals surface area contributed by atoms with Gasteiger partial charge in [-0.25, -0.2) is 13.6 Å². The number of rotatable bonds is 5. The summed E-state index contributed by atoms with van der Waals surface area (Å²) in [6.45, 7) is 9.57. The van der Waals surface area contributed by atoms with Crippen LogP contribution >= 0.6 is 0 Å². The summed E-state index contributed by atoms with van der Waals surface area (Å²) in [5, 5.41) is 3.34. The first-order valence-electron chi connectivity index (χ1n) is 9.75. The van der Waals surface area contributed by atoms with Gasteiger partial charge in [0.15, 0.2) is 0 Å². The number of hydrogen-bond acceptors (Lipinski definition) is 4. The lowest BCUT2D eigenvalue weighted by atomic mass is 9.74. The minimum Gasteiger partial charge on any atom is -0.444 e. The van der Waals surface area contributed by atoms with E-state index in [9.17, 15) is 13.6 Å². The third-order valence-electron chi connectivity index (χ3n) is 5.59. The van der Waals surface area contributed by atoms with Crippen molar-refractivity contribution >= 4 is 6.09 Å². The van der Waals surface area contributed by atoms with Gasteiger partial charge in [0.25, 0.3) is 5.92 Å². The molecule has 26 heavy (non-hydrogen) atoms. The van der Waals surface area contributed by atoms with E-state index in [2.05, 4.69) is 12.2 Å². The molecular weight excluding hydrogens is 342 g/mol. The number of likely N-dealkylation sites (tertiary alicyclic amines) is 1. The van der Waals surface area contributed by atoms with Crippen LogP contribution in [-0.2, 0) is 9.47 Å². The molecule has 1 N–H and O–H groups in total. The molecule has 1 amide bonds. The van der Waals surface area contributed by atoms with Crippen LogP contribution in [0.4, 0.5) is 13.6 Å². The summed E-state index contributed by atoms with van der Waals surface area (Å²) in [7, 11) is 0. The molecule has 2 fully saturated rings. The van der Waals surface area contributed by atoms with Gasteiger partial charge in [-0.1, -0.05) is 13.3 Å². The molecule has 2 heterocycles. The van der Waals surface area contributed by atoms with E-state index in [1.807, 2.05) is 0 Å². The molecule has 0 aromatic carbocycles. The Morgan fingerprint density at radius 3 is 2.46 bits per heavy atom. The number of hydrogen-bond donors (Lipinski definition) is 1. The number of alkyl halides is 2. The summed E-state index contributed by atoms with van der Waals surface area (Å²) in [5.41, 5.74) is -0.462. The molecule has 1 unspecified atom stereocenters. The van der Waals surface area contributed by atoms with Crippen LogP contribution < -0.4 is 5.32 Å². The number of carbonyl (C=O) groups excluding carboxylic acids is 1. The zero-order valence-electron chi connectivity index (χ0n) is 16.6. The van der Waals surface area contributed by atoms with Crippen LogP contribution in [-0.4, -0.2) is 61.4 Å². The summed E-state index contributed by atoms with van der Waals surface area (Å²) in [4.78, 5) is 13.5. The lowest BCUT2D eigenvalue weighted by Gasteiger charge is -2.40. The Balaban J connectivity index is 1.89. The maximum absolute atomic E-state index is 14.3. The van der Waals surface area contributed by atoms with Crippen molar-refractivity contribution in [1.82, 2.24) is 10.2 Å². The first-order chi connectivity index (χ1) is 12.1. The van der Waals surface area contributed by atoms with Crippen LogP contribution in [0.1, 0.15) is 59.8 Å². The molecule has 1 atom stereocenters. The lowest BCUT2D eigenvalue weighted by Crippen LogP contribution is -2.54. The van der Waals surface area contributed by atoms with Crippen molar-refractivity contribution in [3.8, 4) is 0 Å². The number of nitrogens with zero attached hydrogens (tertiary/aromatic N) is 1.